The summed E-state index contributed by atoms with van der Waals surface area (Å²) in [6.07, 6.45) is 4.60. The highest BCUT2D eigenvalue weighted by Gasteiger charge is 2.21. The van der Waals surface area contributed by atoms with Gasteiger partial charge < -0.3 is 15.3 Å². The van der Waals surface area contributed by atoms with Gasteiger partial charge in [-0.15, -0.1) is 0 Å². The SMILES string of the molecule is O=C(O)N1CCC(CNc2cccnc2)CC1. The Balaban J connectivity index is 1.74. The zero-order valence-electron chi connectivity index (χ0n) is 9.67. The molecule has 92 valence electrons. The van der Waals surface area contributed by atoms with Gasteiger partial charge in [0, 0.05) is 32.0 Å². The van der Waals surface area contributed by atoms with E-state index in [1.807, 2.05) is 12.1 Å². The third kappa shape index (κ3) is 3.34. The van der Waals surface area contributed by atoms with Crippen LogP contribution in [0, 0.1) is 5.92 Å². The Hall–Kier alpha value is -1.78. The average Bonchev–Trinajstić information content (AvgIpc) is 2.38. The molecule has 0 saturated carbocycles. The summed E-state index contributed by atoms with van der Waals surface area (Å²) in [5.74, 6) is 0.547. The van der Waals surface area contributed by atoms with Crippen LogP contribution in [-0.2, 0) is 0 Å². The second-order valence-corrected chi connectivity index (χ2v) is 4.34. The largest absolute Gasteiger partial charge is 0.465 e. The smallest absolute Gasteiger partial charge is 0.407 e. The van der Waals surface area contributed by atoms with Crippen molar-refractivity contribution in [1.82, 2.24) is 9.88 Å². The van der Waals surface area contributed by atoms with Crippen molar-refractivity contribution in [2.45, 2.75) is 12.8 Å². The fourth-order valence-corrected chi connectivity index (χ4v) is 2.06. The molecule has 1 amide bonds. The lowest BCUT2D eigenvalue weighted by molar-refractivity contribution is 0.126. The number of aromatic nitrogens is 1. The Bertz CT molecular complexity index is 361. The lowest BCUT2D eigenvalue weighted by atomic mass is 9.97. The molecule has 1 fully saturated rings. The molecule has 1 aromatic heterocycles. The first kappa shape index (κ1) is 11.7. The van der Waals surface area contributed by atoms with E-state index >= 15 is 0 Å². The van der Waals surface area contributed by atoms with Gasteiger partial charge in [-0.1, -0.05) is 0 Å². The molecule has 0 aliphatic carbocycles. The Kier molecular flexibility index (Phi) is 3.80. The number of amides is 1. The molecule has 0 atom stereocenters. The van der Waals surface area contributed by atoms with E-state index in [0.29, 0.717) is 19.0 Å². The molecule has 5 heteroatoms. The van der Waals surface area contributed by atoms with Gasteiger partial charge in [-0.3, -0.25) is 4.98 Å². The van der Waals surface area contributed by atoms with Crippen molar-refractivity contribution in [2.75, 3.05) is 25.0 Å². The first-order chi connectivity index (χ1) is 8.25. The number of carbonyl (C=O) groups is 1. The number of hydrogen-bond acceptors (Lipinski definition) is 3. The summed E-state index contributed by atoms with van der Waals surface area (Å²) in [7, 11) is 0. The van der Waals surface area contributed by atoms with E-state index in [2.05, 4.69) is 10.3 Å². The predicted molar refractivity (Wildman–Crippen MR) is 65.0 cm³/mol. The molecule has 1 saturated heterocycles. The predicted octanol–water partition coefficient (Wildman–Crippen LogP) is 1.88. The normalized spacial score (nSPS) is 16.8. The molecule has 0 spiro atoms. The fraction of sp³-hybridized carbons (Fsp3) is 0.500. The van der Waals surface area contributed by atoms with Crippen LogP contribution in [0.4, 0.5) is 10.5 Å². The van der Waals surface area contributed by atoms with Crippen LogP contribution in [0.25, 0.3) is 0 Å². The molecule has 1 aliphatic heterocycles. The minimum atomic E-state index is -0.802. The van der Waals surface area contributed by atoms with Crippen LogP contribution in [0.2, 0.25) is 0 Å². The number of anilines is 1. The van der Waals surface area contributed by atoms with Crippen molar-refractivity contribution >= 4 is 11.8 Å². The van der Waals surface area contributed by atoms with E-state index in [4.69, 9.17) is 5.11 Å². The highest BCUT2D eigenvalue weighted by Crippen LogP contribution is 2.17. The zero-order chi connectivity index (χ0) is 12.1. The van der Waals surface area contributed by atoms with Crippen molar-refractivity contribution in [3.8, 4) is 0 Å². The van der Waals surface area contributed by atoms with Gasteiger partial charge in [0.25, 0.3) is 0 Å². The Morgan fingerprint density at radius 3 is 2.88 bits per heavy atom. The summed E-state index contributed by atoms with van der Waals surface area (Å²) < 4.78 is 0. The number of nitrogens with one attached hydrogen (secondary N) is 1. The number of hydrogen-bond donors (Lipinski definition) is 2. The van der Waals surface area contributed by atoms with E-state index in [1.165, 1.54) is 4.90 Å². The lowest BCUT2D eigenvalue weighted by Gasteiger charge is -2.30. The summed E-state index contributed by atoms with van der Waals surface area (Å²) >= 11 is 0. The lowest BCUT2D eigenvalue weighted by Crippen LogP contribution is -2.39. The first-order valence-corrected chi connectivity index (χ1v) is 5.87. The molecule has 0 aromatic carbocycles. The van der Waals surface area contributed by atoms with Crippen molar-refractivity contribution in [3.05, 3.63) is 24.5 Å². The van der Waals surface area contributed by atoms with Crippen LogP contribution in [-0.4, -0.2) is 40.7 Å². The molecule has 2 N–H and O–H groups in total. The van der Waals surface area contributed by atoms with E-state index in [9.17, 15) is 4.79 Å². The molecule has 2 rings (SSSR count). The van der Waals surface area contributed by atoms with Crippen molar-refractivity contribution in [1.29, 1.82) is 0 Å². The highest BCUT2D eigenvalue weighted by molar-refractivity contribution is 5.64. The Labute approximate surface area is 100 Å². The summed E-state index contributed by atoms with van der Waals surface area (Å²) in [6.45, 7) is 2.18. The van der Waals surface area contributed by atoms with Crippen LogP contribution >= 0.6 is 0 Å². The van der Waals surface area contributed by atoms with Crippen molar-refractivity contribution < 1.29 is 9.90 Å². The zero-order valence-corrected chi connectivity index (χ0v) is 9.67. The third-order valence-corrected chi connectivity index (χ3v) is 3.14. The van der Waals surface area contributed by atoms with Gasteiger partial charge in [0.05, 0.1) is 5.69 Å². The monoisotopic (exact) mass is 235 g/mol. The summed E-state index contributed by atoms with van der Waals surface area (Å²) in [6, 6.07) is 3.88. The molecule has 0 bridgehead atoms. The minimum Gasteiger partial charge on any atom is -0.465 e. The second kappa shape index (κ2) is 5.52. The number of rotatable bonds is 3. The summed E-state index contributed by atoms with van der Waals surface area (Å²) in [5.41, 5.74) is 1.02. The van der Waals surface area contributed by atoms with Crippen LogP contribution in [0.15, 0.2) is 24.5 Å². The number of pyridine rings is 1. The average molecular weight is 235 g/mol. The molecular weight excluding hydrogens is 218 g/mol. The van der Waals surface area contributed by atoms with E-state index in [-0.39, 0.29) is 0 Å². The molecule has 1 aliphatic rings. The quantitative estimate of drug-likeness (QED) is 0.839. The molecule has 0 unspecified atom stereocenters. The Morgan fingerprint density at radius 1 is 1.53 bits per heavy atom. The molecule has 0 radical (unpaired) electrons. The van der Waals surface area contributed by atoms with Gasteiger partial charge in [0.2, 0.25) is 0 Å². The molecule has 17 heavy (non-hydrogen) atoms. The first-order valence-electron chi connectivity index (χ1n) is 5.87. The highest BCUT2D eigenvalue weighted by atomic mass is 16.4. The van der Waals surface area contributed by atoms with E-state index in [1.54, 1.807) is 12.4 Å². The molecular formula is C12H17N3O2. The molecule has 1 aromatic rings. The van der Waals surface area contributed by atoms with Gasteiger partial charge in [-0.05, 0) is 30.9 Å². The van der Waals surface area contributed by atoms with Crippen LogP contribution in [0.5, 0.6) is 0 Å². The topological polar surface area (TPSA) is 65.5 Å². The van der Waals surface area contributed by atoms with Gasteiger partial charge in [0.1, 0.15) is 0 Å². The van der Waals surface area contributed by atoms with Crippen LogP contribution < -0.4 is 5.32 Å². The standard InChI is InChI=1S/C12H17N3O2/c16-12(17)15-6-3-10(4-7-15)8-14-11-2-1-5-13-9-11/h1-2,5,9-10,14H,3-4,6-8H2,(H,16,17). The Morgan fingerprint density at radius 2 is 2.29 bits per heavy atom. The molecule has 5 nitrogen and oxygen atoms in total. The maximum Gasteiger partial charge on any atom is 0.407 e. The van der Waals surface area contributed by atoms with Crippen molar-refractivity contribution in [2.24, 2.45) is 5.92 Å². The minimum absolute atomic E-state index is 0.547. The van der Waals surface area contributed by atoms with E-state index in [0.717, 1.165) is 25.1 Å². The second-order valence-electron chi connectivity index (χ2n) is 4.34. The summed E-state index contributed by atoms with van der Waals surface area (Å²) in [5, 5.41) is 12.2. The number of nitrogens with zero attached hydrogens (tertiary/aromatic N) is 2. The fourth-order valence-electron chi connectivity index (χ4n) is 2.06. The maximum absolute atomic E-state index is 10.7. The van der Waals surface area contributed by atoms with E-state index < -0.39 is 6.09 Å². The van der Waals surface area contributed by atoms with Gasteiger partial charge in [-0.25, -0.2) is 4.79 Å². The number of likely N-dealkylation sites (tertiary alicyclic amines) is 1. The van der Waals surface area contributed by atoms with Crippen molar-refractivity contribution in [3.63, 3.8) is 0 Å². The number of piperidine rings is 1. The number of carboxylic acid groups (broad SMARTS) is 1. The van der Waals surface area contributed by atoms with Crippen LogP contribution in [0.1, 0.15) is 12.8 Å². The molecule has 2 heterocycles. The van der Waals surface area contributed by atoms with Gasteiger partial charge in [0.15, 0.2) is 0 Å². The van der Waals surface area contributed by atoms with Gasteiger partial charge >= 0.3 is 6.09 Å². The third-order valence-electron chi connectivity index (χ3n) is 3.14. The summed E-state index contributed by atoms with van der Waals surface area (Å²) in [4.78, 5) is 16.3. The van der Waals surface area contributed by atoms with Gasteiger partial charge in [-0.2, -0.15) is 0 Å². The van der Waals surface area contributed by atoms with Crippen LogP contribution in [0.3, 0.4) is 0 Å². The maximum atomic E-state index is 10.7.